The smallest absolute Gasteiger partial charge is 0.161 e. The molecule has 0 atom stereocenters. The van der Waals surface area contributed by atoms with E-state index in [2.05, 4.69) is 16.0 Å². The first-order chi connectivity index (χ1) is 5.92. The molecule has 12 heavy (non-hydrogen) atoms. The van der Waals surface area contributed by atoms with Crippen LogP contribution in [-0.2, 0) is 0 Å². The summed E-state index contributed by atoms with van der Waals surface area (Å²) in [6, 6.07) is 2.11. The van der Waals surface area contributed by atoms with E-state index in [1.54, 1.807) is 6.33 Å². The highest BCUT2D eigenvalue weighted by atomic mass is 14.9. The van der Waals surface area contributed by atoms with Gasteiger partial charge in [0.1, 0.15) is 6.07 Å². The van der Waals surface area contributed by atoms with Crippen molar-refractivity contribution in [3.8, 4) is 6.07 Å². The Labute approximate surface area is 71.4 Å². The van der Waals surface area contributed by atoms with Crippen molar-refractivity contribution in [2.75, 3.05) is 0 Å². The molecular weight excluding hydrogens is 150 g/mol. The van der Waals surface area contributed by atoms with E-state index in [0.29, 0.717) is 11.6 Å². The van der Waals surface area contributed by atoms with E-state index < -0.39 is 0 Å². The van der Waals surface area contributed by atoms with Crippen molar-refractivity contribution in [2.45, 2.75) is 31.6 Å². The largest absolute Gasteiger partial charge is 0.347 e. The van der Waals surface area contributed by atoms with Gasteiger partial charge in [0.25, 0.3) is 0 Å². The molecule has 0 saturated heterocycles. The average Bonchev–Trinajstić information content (AvgIpc) is 2.74. The Morgan fingerprint density at radius 3 is 2.92 bits per heavy atom. The number of H-pyrrole nitrogens is 1. The lowest BCUT2D eigenvalue weighted by atomic mass is 10.0. The third-order valence-electron chi connectivity index (χ3n) is 2.54. The maximum atomic E-state index is 8.74. The fraction of sp³-hybridized carbons (Fsp3) is 0.556. The van der Waals surface area contributed by atoms with Crippen LogP contribution in [0.1, 0.15) is 43.0 Å². The monoisotopic (exact) mass is 161 g/mol. The van der Waals surface area contributed by atoms with E-state index in [0.717, 1.165) is 5.69 Å². The third kappa shape index (κ3) is 1.10. The first kappa shape index (κ1) is 7.35. The summed E-state index contributed by atoms with van der Waals surface area (Å²) in [5, 5.41) is 8.74. The van der Waals surface area contributed by atoms with E-state index in [4.69, 9.17) is 5.26 Å². The fourth-order valence-corrected chi connectivity index (χ4v) is 1.92. The number of imidazole rings is 1. The van der Waals surface area contributed by atoms with Crippen molar-refractivity contribution in [1.29, 1.82) is 5.26 Å². The molecule has 0 spiro atoms. The molecule has 2 rings (SSSR count). The molecule has 1 saturated carbocycles. The molecule has 0 amide bonds. The number of nitrogens with zero attached hydrogens (tertiary/aromatic N) is 2. The summed E-state index contributed by atoms with van der Waals surface area (Å²) in [6.07, 6.45) is 6.60. The summed E-state index contributed by atoms with van der Waals surface area (Å²) >= 11 is 0. The quantitative estimate of drug-likeness (QED) is 0.684. The highest BCUT2D eigenvalue weighted by Gasteiger charge is 2.21. The van der Waals surface area contributed by atoms with Gasteiger partial charge in [-0.2, -0.15) is 5.26 Å². The van der Waals surface area contributed by atoms with Crippen LogP contribution >= 0.6 is 0 Å². The fourth-order valence-electron chi connectivity index (χ4n) is 1.92. The SMILES string of the molecule is N#Cc1nc[nH]c1C1CCCC1. The molecule has 62 valence electrons. The molecule has 0 aliphatic heterocycles. The number of aromatic amines is 1. The molecule has 0 bridgehead atoms. The highest BCUT2D eigenvalue weighted by molar-refractivity contribution is 5.28. The van der Waals surface area contributed by atoms with Crippen LogP contribution in [0.3, 0.4) is 0 Å². The minimum Gasteiger partial charge on any atom is -0.347 e. The molecule has 3 nitrogen and oxygen atoms in total. The van der Waals surface area contributed by atoms with Crippen molar-refractivity contribution in [3.05, 3.63) is 17.7 Å². The van der Waals surface area contributed by atoms with Gasteiger partial charge in [-0.1, -0.05) is 12.8 Å². The zero-order chi connectivity index (χ0) is 8.39. The Bertz CT molecular complexity index is 302. The van der Waals surface area contributed by atoms with Crippen LogP contribution in [0, 0.1) is 11.3 Å². The highest BCUT2D eigenvalue weighted by Crippen LogP contribution is 2.33. The molecule has 1 fully saturated rings. The van der Waals surface area contributed by atoms with Crippen LogP contribution in [0.25, 0.3) is 0 Å². The van der Waals surface area contributed by atoms with Crippen molar-refractivity contribution in [2.24, 2.45) is 0 Å². The standard InChI is InChI=1S/C9H11N3/c10-5-8-9(12-6-11-8)7-3-1-2-4-7/h6-7H,1-4H2,(H,11,12). The van der Waals surface area contributed by atoms with E-state index >= 15 is 0 Å². The van der Waals surface area contributed by atoms with Gasteiger partial charge in [0.05, 0.1) is 12.0 Å². The molecule has 1 aliphatic carbocycles. The number of rotatable bonds is 1. The predicted molar refractivity (Wildman–Crippen MR) is 44.5 cm³/mol. The Morgan fingerprint density at radius 2 is 2.25 bits per heavy atom. The molecule has 1 N–H and O–H groups in total. The molecular formula is C9H11N3. The summed E-state index contributed by atoms with van der Waals surface area (Å²) in [6.45, 7) is 0. The normalized spacial score (nSPS) is 17.9. The van der Waals surface area contributed by atoms with E-state index in [-0.39, 0.29) is 0 Å². The van der Waals surface area contributed by atoms with E-state index in [9.17, 15) is 0 Å². The summed E-state index contributed by atoms with van der Waals surface area (Å²) in [5.74, 6) is 0.558. The first-order valence-electron chi connectivity index (χ1n) is 4.35. The Kier molecular flexibility index (Phi) is 1.83. The lowest BCUT2D eigenvalue weighted by Crippen LogP contribution is -1.95. The van der Waals surface area contributed by atoms with Crippen LogP contribution in [-0.4, -0.2) is 9.97 Å². The van der Waals surface area contributed by atoms with Crippen LogP contribution in [0.15, 0.2) is 6.33 Å². The maximum Gasteiger partial charge on any atom is 0.161 e. The topological polar surface area (TPSA) is 52.5 Å². The first-order valence-corrected chi connectivity index (χ1v) is 4.35. The van der Waals surface area contributed by atoms with Gasteiger partial charge >= 0.3 is 0 Å². The van der Waals surface area contributed by atoms with Crippen LogP contribution < -0.4 is 0 Å². The van der Waals surface area contributed by atoms with Gasteiger partial charge in [0.2, 0.25) is 0 Å². The van der Waals surface area contributed by atoms with Crippen molar-refractivity contribution < 1.29 is 0 Å². The molecule has 0 radical (unpaired) electrons. The molecule has 3 heteroatoms. The summed E-state index contributed by atoms with van der Waals surface area (Å²) < 4.78 is 0. The lowest BCUT2D eigenvalue weighted by molar-refractivity contribution is 0.700. The number of nitrogens with one attached hydrogen (secondary N) is 1. The van der Waals surface area contributed by atoms with Crippen molar-refractivity contribution >= 4 is 0 Å². The van der Waals surface area contributed by atoms with Gasteiger partial charge < -0.3 is 4.98 Å². The third-order valence-corrected chi connectivity index (χ3v) is 2.54. The second-order valence-electron chi connectivity index (χ2n) is 3.26. The number of hydrogen-bond donors (Lipinski definition) is 1. The number of aromatic nitrogens is 2. The van der Waals surface area contributed by atoms with Gasteiger partial charge in [0.15, 0.2) is 5.69 Å². The van der Waals surface area contributed by atoms with Gasteiger partial charge in [-0.05, 0) is 12.8 Å². The van der Waals surface area contributed by atoms with Crippen LogP contribution in [0.4, 0.5) is 0 Å². The minimum absolute atomic E-state index is 0.558. The lowest BCUT2D eigenvalue weighted by Gasteiger charge is -2.04. The molecule has 1 aromatic rings. The Morgan fingerprint density at radius 1 is 1.50 bits per heavy atom. The van der Waals surface area contributed by atoms with Crippen molar-refractivity contribution in [1.82, 2.24) is 9.97 Å². The molecule has 0 aromatic carbocycles. The summed E-state index contributed by atoms with van der Waals surface area (Å²) in [7, 11) is 0. The molecule has 1 heterocycles. The van der Waals surface area contributed by atoms with Gasteiger partial charge in [-0.3, -0.25) is 0 Å². The van der Waals surface area contributed by atoms with Gasteiger partial charge in [-0.15, -0.1) is 0 Å². The van der Waals surface area contributed by atoms with E-state index in [1.165, 1.54) is 25.7 Å². The minimum atomic E-state index is 0.558. The Hall–Kier alpha value is -1.30. The van der Waals surface area contributed by atoms with Gasteiger partial charge in [0, 0.05) is 5.92 Å². The summed E-state index contributed by atoms with van der Waals surface area (Å²) in [4.78, 5) is 7.03. The predicted octanol–water partition coefficient (Wildman–Crippen LogP) is 1.94. The molecule has 1 aliphatic rings. The number of nitriles is 1. The second-order valence-corrected chi connectivity index (χ2v) is 3.26. The number of hydrogen-bond acceptors (Lipinski definition) is 2. The summed E-state index contributed by atoms with van der Waals surface area (Å²) in [5.41, 5.74) is 1.64. The second kappa shape index (κ2) is 2.98. The average molecular weight is 161 g/mol. The molecule has 0 unspecified atom stereocenters. The van der Waals surface area contributed by atoms with E-state index in [1.807, 2.05) is 0 Å². The van der Waals surface area contributed by atoms with Gasteiger partial charge in [-0.25, -0.2) is 4.98 Å². The zero-order valence-corrected chi connectivity index (χ0v) is 6.88. The van der Waals surface area contributed by atoms with Crippen molar-refractivity contribution in [3.63, 3.8) is 0 Å². The van der Waals surface area contributed by atoms with Crippen LogP contribution in [0.2, 0.25) is 0 Å². The molecule has 1 aromatic heterocycles. The zero-order valence-electron chi connectivity index (χ0n) is 6.88. The van der Waals surface area contributed by atoms with Crippen LogP contribution in [0.5, 0.6) is 0 Å². The Balaban J connectivity index is 2.27. The maximum absolute atomic E-state index is 8.74.